The lowest BCUT2D eigenvalue weighted by atomic mass is 9.94. The number of alkyl carbamates (subject to hydrolysis) is 1. The van der Waals surface area contributed by atoms with Crippen LogP contribution in [-0.4, -0.2) is 51.9 Å². The van der Waals surface area contributed by atoms with E-state index in [1.807, 2.05) is 32.9 Å². The molecule has 0 fully saturated rings. The molecule has 4 amide bonds. The fourth-order valence-corrected chi connectivity index (χ4v) is 3.39. The third-order valence-electron chi connectivity index (χ3n) is 4.69. The first kappa shape index (κ1) is 28.9. The van der Waals surface area contributed by atoms with E-state index in [0.717, 1.165) is 5.56 Å². The molecule has 0 aliphatic carbocycles. The van der Waals surface area contributed by atoms with Gasteiger partial charge in [0, 0.05) is 11.6 Å². The van der Waals surface area contributed by atoms with Gasteiger partial charge in [0.05, 0.1) is 6.42 Å². The summed E-state index contributed by atoms with van der Waals surface area (Å²) in [5.41, 5.74) is 5.33. The molecule has 0 radical (unpaired) electrons. The number of rotatable bonds is 8. The highest BCUT2D eigenvalue weighted by Gasteiger charge is 2.42. The maximum absolute atomic E-state index is 13.9. The Bertz CT molecular complexity index is 882. The zero-order valence-electron chi connectivity index (χ0n) is 21.8. The third-order valence-corrected chi connectivity index (χ3v) is 4.69. The van der Waals surface area contributed by atoms with Crippen LogP contribution in [0.2, 0.25) is 0 Å². The summed E-state index contributed by atoms with van der Waals surface area (Å²) in [4.78, 5) is 52.9. The number of aryl methyl sites for hydroxylation is 1. The van der Waals surface area contributed by atoms with Gasteiger partial charge in [-0.3, -0.25) is 14.4 Å². The lowest BCUT2D eigenvalue weighted by Gasteiger charge is -2.43. The van der Waals surface area contributed by atoms with E-state index < -0.39 is 47.6 Å². The molecule has 0 heterocycles. The summed E-state index contributed by atoms with van der Waals surface area (Å²) in [6.45, 7) is 16.0. The Balaban J connectivity index is 3.54. The second-order valence-corrected chi connectivity index (χ2v) is 10.7. The summed E-state index contributed by atoms with van der Waals surface area (Å²) in [5, 5.41) is 5.35. The number of ether oxygens (including phenoxy) is 1. The van der Waals surface area contributed by atoms with Gasteiger partial charge in [-0.15, -0.1) is 0 Å². The molecule has 0 saturated heterocycles. The number of nitrogens with two attached hydrogens (primary N) is 1. The minimum Gasteiger partial charge on any atom is -0.444 e. The molecule has 2 atom stereocenters. The number of carbonyl (C=O) groups is 4. The monoisotopic (exact) mass is 476 g/mol. The predicted octanol–water partition coefficient (Wildman–Crippen LogP) is 2.96. The molecule has 0 saturated carbocycles. The van der Waals surface area contributed by atoms with Crippen LogP contribution in [0.15, 0.2) is 24.3 Å². The molecule has 0 aromatic heterocycles. The standard InChI is InChI=1S/C25H40N4O5/c1-15(2)27-21(31)20(17-12-10-16(3)11-13-17)29(24(4,5)6)22(32)18(14-19(26)30)28-23(33)34-25(7,8)9/h10-13,15,18,20H,14H2,1-9H3,(H2,26,30)(H,27,31)(H,28,33). The number of nitrogens with zero attached hydrogens (tertiary/aromatic N) is 1. The highest BCUT2D eigenvalue weighted by Crippen LogP contribution is 2.30. The van der Waals surface area contributed by atoms with E-state index >= 15 is 0 Å². The van der Waals surface area contributed by atoms with E-state index in [0.29, 0.717) is 5.56 Å². The molecule has 0 bridgehead atoms. The van der Waals surface area contributed by atoms with E-state index in [4.69, 9.17) is 10.5 Å². The molecule has 1 rings (SSSR count). The Morgan fingerprint density at radius 2 is 1.50 bits per heavy atom. The summed E-state index contributed by atoms with van der Waals surface area (Å²) in [6, 6.07) is 4.80. The first-order chi connectivity index (χ1) is 15.4. The van der Waals surface area contributed by atoms with Crippen molar-refractivity contribution in [1.82, 2.24) is 15.5 Å². The number of hydrogen-bond donors (Lipinski definition) is 3. The molecule has 190 valence electrons. The molecule has 9 nitrogen and oxygen atoms in total. The van der Waals surface area contributed by atoms with Gasteiger partial charge in [0.25, 0.3) is 0 Å². The van der Waals surface area contributed by atoms with Gasteiger partial charge in [0.2, 0.25) is 17.7 Å². The molecule has 0 aliphatic heterocycles. The van der Waals surface area contributed by atoms with Crippen molar-refractivity contribution in [1.29, 1.82) is 0 Å². The van der Waals surface area contributed by atoms with Gasteiger partial charge >= 0.3 is 6.09 Å². The molecule has 0 aliphatic rings. The van der Waals surface area contributed by atoms with Crippen LogP contribution in [-0.2, 0) is 19.1 Å². The SMILES string of the molecule is Cc1ccc(C(C(=O)NC(C)C)N(C(=O)C(CC(N)=O)NC(=O)OC(C)(C)C)C(C)(C)C)cc1. The zero-order chi connectivity index (χ0) is 26.4. The highest BCUT2D eigenvalue weighted by molar-refractivity contribution is 5.95. The Morgan fingerprint density at radius 1 is 0.971 bits per heavy atom. The second kappa shape index (κ2) is 11.4. The van der Waals surface area contributed by atoms with Gasteiger partial charge in [-0.2, -0.15) is 0 Å². The maximum atomic E-state index is 13.9. The number of amides is 4. The fraction of sp³-hybridized carbons (Fsp3) is 0.600. The largest absolute Gasteiger partial charge is 0.444 e. The lowest BCUT2D eigenvalue weighted by Crippen LogP contribution is -2.59. The summed E-state index contributed by atoms with van der Waals surface area (Å²) < 4.78 is 5.27. The average molecular weight is 477 g/mol. The smallest absolute Gasteiger partial charge is 0.408 e. The van der Waals surface area contributed by atoms with Crippen LogP contribution in [0.25, 0.3) is 0 Å². The number of hydrogen-bond acceptors (Lipinski definition) is 5. The number of carbonyl (C=O) groups excluding carboxylic acids is 4. The van der Waals surface area contributed by atoms with Crippen molar-refractivity contribution in [3.05, 3.63) is 35.4 Å². The molecular formula is C25H40N4O5. The van der Waals surface area contributed by atoms with Crippen LogP contribution in [0.3, 0.4) is 0 Å². The quantitative estimate of drug-likeness (QED) is 0.531. The van der Waals surface area contributed by atoms with Crippen molar-refractivity contribution in [2.24, 2.45) is 5.73 Å². The highest BCUT2D eigenvalue weighted by atomic mass is 16.6. The van der Waals surface area contributed by atoms with E-state index in [2.05, 4.69) is 10.6 Å². The topological polar surface area (TPSA) is 131 Å². The number of benzene rings is 1. The predicted molar refractivity (Wildman–Crippen MR) is 131 cm³/mol. The Kier molecular flexibility index (Phi) is 9.66. The van der Waals surface area contributed by atoms with Crippen LogP contribution >= 0.6 is 0 Å². The van der Waals surface area contributed by atoms with Crippen molar-refractivity contribution in [3.63, 3.8) is 0 Å². The van der Waals surface area contributed by atoms with E-state index in [9.17, 15) is 19.2 Å². The molecule has 34 heavy (non-hydrogen) atoms. The molecule has 1 aromatic rings. The summed E-state index contributed by atoms with van der Waals surface area (Å²) in [7, 11) is 0. The van der Waals surface area contributed by atoms with Crippen molar-refractivity contribution in [2.45, 2.75) is 98.0 Å². The van der Waals surface area contributed by atoms with Gasteiger partial charge in [0.1, 0.15) is 17.7 Å². The van der Waals surface area contributed by atoms with Gasteiger partial charge in [-0.25, -0.2) is 4.79 Å². The molecular weight excluding hydrogens is 436 g/mol. The van der Waals surface area contributed by atoms with Crippen LogP contribution in [0.5, 0.6) is 0 Å². The van der Waals surface area contributed by atoms with Crippen molar-refractivity contribution in [2.75, 3.05) is 0 Å². The molecule has 4 N–H and O–H groups in total. The Hall–Kier alpha value is -3.10. The number of nitrogens with one attached hydrogen (secondary N) is 2. The van der Waals surface area contributed by atoms with Crippen LogP contribution in [0.4, 0.5) is 4.79 Å². The van der Waals surface area contributed by atoms with Crippen LogP contribution < -0.4 is 16.4 Å². The fourth-order valence-electron chi connectivity index (χ4n) is 3.39. The van der Waals surface area contributed by atoms with Crippen LogP contribution in [0, 0.1) is 6.92 Å². The number of primary amides is 1. The first-order valence-electron chi connectivity index (χ1n) is 11.4. The van der Waals surface area contributed by atoms with Crippen molar-refractivity contribution >= 4 is 23.8 Å². The van der Waals surface area contributed by atoms with E-state index in [1.165, 1.54) is 4.90 Å². The molecule has 2 unspecified atom stereocenters. The van der Waals surface area contributed by atoms with Gasteiger partial charge in [-0.05, 0) is 67.9 Å². The summed E-state index contributed by atoms with van der Waals surface area (Å²) >= 11 is 0. The lowest BCUT2D eigenvalue weighted by molar-refractivity contribution is -0.149. The van der Waals surface area contributed by atoms with E-state index in [-0.39, 0.29) is 11.9 Å². The Labute approximate surface area is 202 Å². The van der Waals surface area contributed by atoms with Gasteiger partial charge in [-0.1, -0.05) is 29.8 Å². The summed E-state index contributed by atoms with van der Waals surface area (Å²) in [5.74, 6) is -1.78. The summed E-state index contributed by atoms with van der Waals surface area (Å²) in [6.07, 6.45) is -1.31. The van der Waals surface area contributed by atoms with Crippen molar-refractivity contribution < 1.29 is 23.9 Å². The molecule has 9 heteroatoms. The normalized spacial score (nSPS) is 13.6. The minimum atomic E-state index is -1.31. The average Bonchev–Trinajstić information content (AvgIpc) is 2.62. The molecule has 0 spiro atoms. The maximum Gasteiger partial charge on any atom is 0.408 e. The first-order valence-corrected chi connectivity index (χ1v) is 11.4. The zero-order valence-corrected chi connectivity index (χ0v) is 21.8. The second-order valence-electron chi connectivity index (χ2n) is 10.7. The Morgan fingerprint density at radius 3 is 1.91 bits per heavy atom. The third kappa shape index (κ3) is 9.03. The van der Waals surface area contributed by atoms with E-state index in [1.54, 1.807) is 53.7 Å². The molecule has 1 aromatic carbocycles. The van der Waals surface area contributed by atoms with Gasteiger partial charge in [0.15, 0.2) is 0 Å². The van der Waals surface area contributed by atoms with Crippen molar-refractivity contribution in [3.8, 4) is 0 Å². The van der Waals surface area contributed by atoms with Crippen LogP contribution in [0.1, 0.15) is 79.0 Å². The van der Waals surface area contributed by atoms with Gasteiger partial charge < -0.3 is 26.0 Å². The minimum absolute atomic E-state index is 0.168.